The molecule has 0 spiro atoms. The van der Waals surface area contributed by atoms with Crippen LogP contribution >= 0.6 is 0 Å². The molecular formula is C10H19BO3. The number of hydrogen-bond donors (Lipinski definition) is 1. The van der Waals surface area contributed by atoms with Gasteiger partial charge in [-0.3, -0.25) is 0 Å². The Labute approximate surface area is 86.2 Å². The highest BCUT2D eigenvalue weighted by Gasteiger charge is 2.51. The first-order chi connectivity index (χ1) is 6.30. The van der Waals surface area contributed by atoms with Crippen LogP contribution in [0.3, 0.4) is 0 Å². The van der Waals surface area contributed by atoms with Crippen LogP contribution < -0.4 is 0 Å². The molecule has 0 saturated carbocycles. The number of allylic oxidation sites excluding steroid dienone is 1. The summed E-state index contributed by atoms with van der Waals surface area (Å²) in [7, 11) is -0.327. The fourth-order valence-corrected chi connectivity index (χ4v) is 1.27. The SMILES string of the molecule is CC(=CCO)B1OC(C)(C)C(C)(C)O1. The molecule has 1 rings (SSSR count). The molecule has 14 heavy (non-hydrogen) atoms. The molecule has 0 bridgehead atoms. The highest BCUT2D eigenvalue weighted by atomic mass is 16.7. The average molecular weight is 198 g/mol. The van der Waals surface area contributed by atoms with Crippen LogP contribution in [0.15, 0.2) is 11.5 Å². The van der Waals surface area contributed by atoms with Gasteiger partial charge >= 0.3 is 7.12 Å². The van der Waals surface area contributed by atoms with Gasteiger partial charge in [0.2, 0.25) is 0 Å². The van der Waals surface area contributed by atoms with Gasteiger partial charge in [0.1, 0.15) is 0 Å². The molecular weight excluding hydrogens is 179 g/mol. The Morgan fingerprint density at radius 2 is 1.64 bits per heavy atom. The number of aliphatic hydroxyl groups is 1. The third-order valence-electron chi connectivity index (χ3n) is 3.04. The van der Waals surface area contributed by atoms with E-state index in [1.54, 1.807) is 6.08 Å². The Morgan fingerprint density at radius 1 is 1.21 bits per heavy atom. The number of rotatable bonds is 2. The van der Waals surface area contributed by atoms with Crippen molar-refractivity contribution in [3.05, 3.63) is 11.5 Å². The van der Waals surface area contributed by atoms with Gasteiger partial charge in [-0.05, 0) is 40.1 Å². The van der Waals surface area contributed by atoms with Crippen molar-refractivity contribution in [2.45, 2.75) is 45.8 Å². The molecule has 0 amide bonds. The van der Waals surface area contributed by atoms with E-state index in [2.05, 4.69) is 0 Å². The van der Waals surface area contributed by atoms with E-state index in [0.29, 0.717) is 0 Å². The average Bonchev–Trinajstić information content (AvgIpc) is 2.22. The van der Waals surface area contributed by atoms with Crippen molar-refractivity contribution in [2.24, 2.45) is 0 Å². The highest BCUT2D eigenvalue weighted by molar-refractivity contribution is 6.54. The smallest absolute Gasteiger partial charge is 0.400 e. The Kier molecular flexibility index (Phi) is 3.09. The predicted molar refractivity (Wildman–Crippen MR) is 56.9 cm³/mol. The fourth-order valence-electron chi connectivity index (χ4n) is 1.27. The molecule has 1 fully saturated rings. The summed E-state index contributed by atoms with van der Waals surface area (Å²) in [6, 6.07) is 0. The minimum Gasteiger partial charge on any atom is -0.400 e. The first-order valence-electron chi connectivity index (χ1n) is 4.93. The summed E-state index contributed by atoms with van der Waals surface area (Å²) < 4.78 is 11.6. The second-order valence-corrected chi connectivity index (χ2v) is 4.72. The van der Waals surface area contributed by atoms with Crippen LogP contribution in [0.2, 0.25) is 0 Å². The molecule has 0 aromatic heterocycles. The molecule has 1 N–H and O–H groups in total. The summed E-state index contributed by atoms with van der Waals surface area (Å²) in [5.41, 5.74) is 0.316. The summed E-state index contributed by atoms with van der Waals surface area (Å²) in [4.78, 5) is 0. The van der Waals surface area contributed by atoms with E-state index in [0.717, 1.165) is 5.47 Å². The summed E-state index contributed by atoms with van der Waals surface area (Å²) in [5, 5.41) is 8.77. The zero-order valence-electron chi connectivity index (χ0n) is 9.63. The Morgan fingerprint density at radius 3 is 2.00 bits per heavy atom. The standard InChI is InChI=1S/C10H19BO3/c1-8(6-7-12)11-13-9(2,3)10(4,5)14-11/h6,12H,7H2,1-5H3. The lowest BCUT2D eigenvalue weighted by Gasteiger charge is -2.32. The zero-order chi connectivity index (χ0) is 11.0. The molecule has 0 aromatic rings. The highest BCUT2D eigenvalue weighted by Crippen LogP contribution is 2.38. The molecule has 0 aromatic carbocycles. The lowest BCUT2D eigenvalue weighted by atomic mass is 9.79. The van der Waals surface area contributed by atoms with Gasteiger partial charge in [0.25, 0.3) is 0 Å². The van der Waals surface area contributed by atoms with Crippen LogP contribution in [0.1, 0.15) is 34.6 Å². The van der Waals surface area contributed by atoms with Gasteiger partial charge in [0.05, 0.1) is 17.8 Å². The molecule has 4 heteroatoms. The van der Waals surface area contributed by atoms with E-state index < -0.39 is 0 Å². The first-order valence-corrected chi connectivity index (χ1v) is 4.93. The van der Waals surface area contributed by atoms with E-state index in [-0.39, 0.29) is 24.9 Å². The summed E-state index contributed by atoms with van der Waals surface area (Å²) in [5.74, 6) is 0. The van der Waals surface area contributed by atoms with Gasteiger partial charge in [0.15, 0.2) is 0 Å². The summed E-state index contributed by atoms with van der Waals surface area (Å²) in [6.45, 7) is 9.98. The minimum absolute atomic E-state index is 0.0237. The fraction of sp³-hybridized carbons (Fsp3) is 0.800. The van der Waals surface area contributed by atoms with Crippen molar-refractivity contribution in [3.8, 4) is 0 Å². The van der Waals surface area contributed by atoms with Crippen molar-refractivity contribution < 1.29 is 14.4 Å². The lowest BCUT2D eigenvalue weighted by molar-refractivity contribution is 0.00578. The molecule has 1 heterocycles. The Bertz CT molecular complexity index is 230. The molecule has 0 radical (unpaired) electrons. The van der Waals surface area contributed by atoms with Crippen LogP contribution in [0.4, 0.5) is 0 Å². The van der Waals surface area contributed by atoms with Gasteiger partial charge in [-0.1, -0.05) is 6.08 Å². The van der Waals surface area contributed by atoms with Gasteiger partial charge in [-0.2, -0.15) is 0 Å². The van der Waals surface area contributed by atoms with Crippen molar-refractivity contribution in [2.75, 3.05) is 6.61 Å². The third-order valence-corrected chi connectivity index (χ3v) is 3.04. The van der Waals surface area contributed by atoms with Gasteiger partial charge < -0.3 is 14.4 Å². The van der Waals surface area contributed by atoms with Crippen LogP contribution in [-0.4, -0.2) is 30.0 Å². The zero-order valence-corrected chi connectivity index (χ0v) is 9.63. The maximum absolute atomic E-state index is 8.77. The van der Waals surface area contributed by atoms with E-state index >= 15 is 0 Å². The van der Waals surface area contributed by atoms with Gasteiger partial charge in [0, 0.05) is 0 Å². The van der Waals surface area contributed by atoms with E-state index in [4.69, 9.17) is 14.4 Å². The topological polar surface area (TPSA) is 38.7 Å². The largest absolute Gasteiger partial charge is 0.490 e. The summed E-state index contributed by atoms with van der Waals surface area (Å²) >= 11 is 0. The molecule has 1 saturated heterocycles. The second-order valence-electron chi connectivity index (χ2n) is 4.72. The van der Waals surface area contributed by atoms with Crippen molar-refractivity contribution >= 4 is 7.12 Å². The lowest BCUT2D eigenvalue weighted by Crippen LogP contribution is -2.41. The first kappa shape index (κ1) is 11.8. The molecule has 1 aliphatic heterocycles. The normalized spacial score (nSPS) is 25.6. The van der Waals surface area contributed by atoms with Gasteiger partial charge in [-0.25, -0.2) is 0 Å². The third kappa shape index (κ3) is 2.02. The molecule has 1 aliphatic rings. The Hall–Kier alpha value is -0.315. The monoisotopic (exact) mass is 198 g/mol. The van der Waals surface area contributed by atoms with Crippen LogP contribution in [-0.2, 0) is 9.31 Å². The number of hydrogen-bond acceptors (Lipinski definition) is 3. The van der Waals surface area contributed by atoms with Crippen LogP contribution in [0, 0.1) is 0 Å². The van der Waals surface area contributed by atoms with E-state index in [1.807, 2.05) is 34.6 Å². The predicted octanol–water partition coefficient (Wildman–Crippen LogP) is 1.56. The molecule has 3 nitrogen and oxygen atoms in total. The molecule has 80 valence electrons. The maximum Gasteiger partial charge on any atom is 0.490 e. The van der Waals surface area contributed by atoms with E-state index in [9.17, 15) is 0 Å². The summed E-state index contributed by atoms with van der Waals surface area (Å²) in [6.07, 6.45) is 1.71. The molecule has 0 atom stereocenters. The maximum atomic E-state index is 8.77. The quantitative estimate of drug-likeness (QED) is 0.684. The van der Waals surface area contributed by atoms with Crippen LogP contribution in [0.25, 0.3) is 0 Å². The van der Waals surface area contributed by atoms with E-state index in [1.165, 1.54) is 0 Å². The Balaban J connectivity index is 2.78. The van der Waals surface area contributed by atoms with Crippen molar-refractivity contribution in [1.82, 2.24) is 0 Å². The van der Waals surface area contributed by atoms with Crippen LogP contribution in [0.5, 0.6) is 0 Å². The molecule has 0 aliphatic carbocycles. The van der Waals surface area contributed by atoms with Crippen molar-refractivity contribution in [3.63, 3.8) is 0 Å². The van der Waals surface area contributed by atoms with Crippen molar-refractivity contribution in [1.29, 1.82) is 0 Å². The van der Waals surface area contributed by atoms with Gasteiger partial charge in [-0.15, -0.1) is 0 Å². The minimum atomic E-state index is -0.327. The second kappa shape index (κ2) is 3.68. The molecule has 0 unspecified atom stereocenters. The number of aliphatic hydroxyl groups excluding tert-OH is 1.